The molecule has 0 rings (SSSR count). The third-order valence-corrected chi connectivity index (χ3v) is 6.20. The predicted molar refractivity (Wildman–Crippen MR) is 121 cm³/mol. The van der Waals surface area contributed by atoms with E-state index in [0.29, 0.717) is 0 Å². The second-order valence-corrected chi connectivity index (χ2v) is 9.16. The lowest BCUT2D eigenvalue weighted by atomic mass is 10.1. The Balaban J connectivity index is 0. The van der Waals surface area contributed by atoms with E-state index in [9.17, 15) is 0 Å². The van der Waals surface area contributed by atoms with Crippen molar-refractivity contribution in [2.75, 3.05) is 32.6 Å². The summed E-state index contributed by atoms with van der Waals surface area (Å²) in [6.07, 6.45) is 24.0. The van der Waals surface area contributed by atoms with Gasteiger partial charge in [-0.15, -0.1) is 11.6 Å². The molecule has 3 heteroatoms. The van der Waals surface area contributed by atoms with Gasteiger partial charge in [0.05, 0.1) is 26.7 Å². The molecule has 0 heterocycles. The largest absolute Gasteiger partial charge is 1.00 e. The zero-order valence-corrected chi connectivity index (χ0v) is 22.0. The Bertz CT molecular complexity index is 253. The van der Waals surface area contributed by atoms with Crippen molar-refractivity contribution >= 4 is 11.6 Å². The number of hydrogen-bond acceptors (Lipinski definition) is 0. The maximum atomic E-state index is 5.99. The molecule has 0 unspecified atom stereocenters. The van der Waals surface area contributed by atoms with Gasteiger partial charge in [-0.1, -0.05) is 90.9 Å². The maximum Gasteiger partial charge on any atom is 0.0796 e. The number of hydrogen-bond donors (Lipinski definition) is 0. The summed E-state index contributed by atoms with van der Waals surface area (Å²) in [4.78, 5) is 0. The molecule has 27 heavy (non-hydrogen) atoms. The van der Waals surface area contributed by atoms with Gasteiger partial charge in [-0.25, -0.2) is 0 Å². The fourth-order valence-electron chi connectivity index (χ4n) is 4.03. The molecule has 0 aliphatic carbocycles. The lowest BCUT2D eigenvalue weighted by Gasteiger charge is -2.35. The molecule has 0 fully saturated rings. The smallest absolute Gasteiger partial charge is 0.0796 e. The minimum absolute atomic E-state index is 0. The van der Waals surface area contributed by atoms with Crippen LogP contribution < -0.4 is 24.0 Å². The Morgan fingerprint density at radius 1 is 0.481 bits per heavy atom. The highest BCUT2D eigenvalue weighted by atomic mass is 127. The van der Waals surface area contributed by atoms with E-state index < -0.39 is 0 Å². The molecule has 0 saturated heterocycles. The molecule has 0 aromatic heterocycles. The first kappa shape index (κ1) is 30.2. The van der Waals surface area contributed by atoms with E-state index in [4.69, 9.17) is 11.6 Å². The molecule has 0 aliphatic rings. The van der Waals surface area contributed by atoms with E-state index in [0.717, 1.165) is 5.88 Å². The van der Waals surface area contributed by atoms with Gasteiger partial charge in [-0.2, -0.15) is 0 Å². The van der Waals surface area contributed by atoms with Crippen LogP contribution in [0.15, 0.2) is 0 Å². The van der Waals surface area contributed by atoms with Gasteiger partial charge in [0.25, 0.3) is 0 Å². The highest BCUT2D eigenvalue weighted by molar-refractivity contribution is 6.17. The first-order valence-corrected chi connectivity index (χ1v) is 12.6. The zero-order valence-electron chi connectivity index (χ0n) is 19.1. The zero-order chi connectivity index (χ0) is 19.3. The molecular weight excluding hydrogens is 465 g/mol. The van der Waals surface area contributed by atoms with E-state index >= 15 is 0 Å². The summed E-state index contributed by atoms with van der Waals surface area (Å²) >= 11 is 5.99. The number of alkyl halides is 1. The molecule has 0 aliphatic heterocycles. The van der Waals surface area contributed by atoms with Crippen molar-refractivity contribution in [2.45, 2.75) is 123 Å². The number of halogens is 2. The van der Waals surface area contributed by atoms with Crippen molar-refractivity contribution in [3.63, 3.8) is 0 Å². The molecule has 0 spiro atoms. The van der Waals surface area contributed by atoms with Crippen molar-refractivity contribution in [1.29, 1.82) is 0 Å². The van der Waals surface area contributed by atoms with E-state index in [1.165, 1.54) is 133 Å². The Kier molecular flexibility index (Phi) is 26.0. The molecule has 0 bridgehead atoms. The van der Waals surface area contributed by atoms with Crippen LogP contribution in [0.1, 0.15) is 123 Å². The van der Waals surface area contributed by atoms with Crippen LogP contribution in [0.2, 0.25) is 0 Å². The molecule has 166 valence electrons. The quantitative estimate of drug-likeness (QED) is 0.0837. The van der Waals surface area contributed by atoms with Crippen LogP contribution in [0.4, 0.5) is 0 Å². The van der Waals surface area contributed by atoms with Crippen molar-refractivity contribution in [3.05, 3.63) is 0 Å². The molecule has 0 saturated carbocycles. The lowest BCUT2D eigenvalue weighted by Crippen LogP contribution is -3.00. The maximum absolute atomic E-state index is 5.99. The van der Waals surface area contributed by atoms with Crippen molar-refractivity contribution in [1.82, 2.24) is 0 Å². The molecule has 0 aromatic rings. The Morgan fingerprint density at radius 3 is 1.11 bits per heavy atom. The van der Waals surface area contributed by atoms with E-state index in [-0.39, 0.29) is 24.0 Å². The fourth-order valence-corrected chi connectivity index (χ4v) is 4.15. The van der Waals surface area contributed by atoms with Crippen molar-refractivity contribution < 1.29 is 28.5 Å². The fraction of sp³-hybridized carbons (Fsp3) is 1.00. The van der Waals surface area contributed by atoms with Crippen LogP contribution >= 0.6 is 11.6 Å². The first-order valence-electron chi connectivity index (χ1n) is 12.1. The van der Waals surface area contributed by atoms with Gasteiger partial charge in [0.2, 0.25) is 0 Å². The van der Waals surface area contributed by atoms with Crippen LogP contribution in [0.3, 0.4) is 0 Å². The highest BCUT2D eigenvalue weighted by Crippen LogP contribution is 2.15. The number of rotatable bonds is 21. The standard InChI is InChI=1S/C24H51ClN.HI/c1-4-6-8-10-12-14-16-18-22-26(3,24-20-21-25)23-19-17-15-13-11-9-7-5-2;/h4-24H2,1-3H3;1H/q+1;/p-1. The van der Waals surface area contributed by atoms with E-state index in [2.05, 4.69) is 20.9 Å². The highest BCUT2D eigenvalue weighted by Gasteiger charge is 2.19. The second-order valence-electron chi connectivity index (χ2n) is 8.78. The van der Waals surface area contributed by atoms with Gasteiger partial charge >= 0.3 is 0 Å². The van der Waals surface area contributed by atoms with Crippen LogP contribution in [-0.2, 0) is 0 Å². The third kappa shape index (κ3) is 21.5. The van der Waals surface area contributed by atoms with Gasteiger partial charge in [0.1, 0.15) is 0 Å². The summed E-state index contributed by atoms with van der Waals surface area (Å²) < 4.78 is 1.26. The average Bonchev–Trinajstić information content (AvgIpc) is 2.64. The monoisotopic (exact) mass is 515 g/mol. The van der Waals surface area contributed by atoms with Gasteiger partial charge in [-0.05, 0) is 25.7 Å². The SMILES string of the molecule is CCCCCCCCCC[N+](C)(CCCCl)CCCCCCCCCC.[I-]. The molecular formula is C24H51ClIN. The van der Waals surface area contributed by atoms with Gasteiger partial charge < -0.3 is 28.5 Å². The molecule has 0 N–H and O–H groups in total. The molecule has 1 nitrogen and oxygen atoms in total. The van der Waals surface area contributed by atoms with Crippen molar-refractivity contribution in [2.24, 2.45) is 0 Å². The predicted octanol–water partition coefficient (Wildman–Crippen LogP) is 5.35. The summed E-state index contributed by atoms with van der Waals surface area (Å²) in [5.41, 5.74) is 0. The van der Waals surface area contributed by atoms with Gasteiger partial charge in [-0.3, -0.25) is 0 Å². The van der Waals surface area contributed by atoms with Gasteiger partial charge in [0.15, 0.2) is 0 Å². The van der Waals surface area contributed by atoms with E-state index in [1.54, 1.807) is 0 Å². The molecule has 0 amide bonds. The second kappa shape index (κ2) is 23.3. The first-order chi connectivity index (χ1) is 12.7. The Labute approximate surface area is 195 Å². The topological polar surface area (TPSA) is 0 Å². The molecule has 0 aromatic carbocycles. The van der Waals surface area contributed by atoms with Crippen LogP contribution in [0.5, 0.6) is 0 Å². The van der Waals surface area contributed by atoms with E-state index in [1.807, 2.05) is 0 Å². The Morgan fingerprint density at radius 2 is 0.778 bits per heavy atom. The van der Waals surface area contributed by atoms with Crippen LogP contribution in [0.25, 0.3) is 0 Å². The lowest BCUT2D eigenvalue weighted by molar-refractivity contribution is -0.910. The summed E-state index contributed by atoms with van der Waals surface area (Å²) in [6, 6.07) is 0. The number of quaternary nitrogens is 1. The Hall–Kier alpha value is 0.980. The average molecular weight is 516 g/mol. The van der Waals surface area contributed by atoms with Crippen molar-refractivity contribution in [3.8, 4) is 0 Å². The minimum Gasteiger partial charge on any atom is -1.00 e. The summed E-state index contributed by atoms with van der Waals surface area (Å²) in [5.74, 6) is 0.822. The third-order valence-electron chi connectivity index (χ3n) is 5.93. The summed E-state index contributed by atoms with van der Waals surface area (Å²) in [7, 11) is 2.48. The number of nitrogens with zero attached hydrogens (tertiary/aromatic N) is 1. The molecule has 0 radical (unpaired) electrons. The molecule has 0 atom stereocenters. The van der Waals surface area contributed by atoms with Gasteiger partial charge in [0, 0.05) is 12.3 Å². The minimum atomic E-state index is 0. The van der Waals surface area contributed by atoms with Crippen LogP contribution in [0, 0.1) is 0 Å². The number of unbranched alkanes of at least 4 members (excludes halogenated alkanes) is 14. The van der Waals surface area contributed by atoms with Crippen LogP contribution in [-0.4, -0.2) is 37.0 Å². The summed E-state index contributed by atoms with van der Waals surface area (Å²) in [5, 5.41) is 0. The summed E-state index contributed by atoms with van der Waals surface area (Å²) in [6.45, 7) is 8.60. The normalized spacial score (nSPS) is 11.6.